The number of hydrogen-bond acceptors (Lipinski definition) is 2. The smallest absolute Gasteiger partial charge is 0.373 e. The zero-order valence-corrected chi connectivity index (χ0v) is 8.87. The second-order valence-electron chi connectivity index (χ2n) is 3.25. The number of hydrogen-bond donors (Lipinski definition) is 1. The van der Waals surface area contributed by atoms with Gasteiger partial charge in [0.1, 0.15) is 5.82 Å². The van der Waals surface area contributed by atoms with Crippen molar-refractivity contribution in [3.05, 3.63) is 22.9 Å². The molecule has 0 aliphatic rings. The molecular formula is C10H13F3N2. The summed E-state index contributed by atoms with van der Waals surface area (Å²) < 4.78 is 38.0. The van der Waals surface area contributed by atoms with E-state index in [1.807, 2.05) is 0 Å². The Morgan fingerprint density at radius 2 is 2.00 bits per heavy atom. The van der Waals surface area contributed by atoms with E-state index < -0.39 is 11.7 Å². The first-order valence-electron chi connectivity index (χ1n) is 4.65. The van der Waals surface area contributed by atoms with Crippen LogP contribution in [0.15, 0.2) is 6.07 Å². The molecule has 0 bridgehead atoms. The predicted octanol–water partition coefficient (Wildman–Crippen LogP) is 3.01. The molecule has 0 saturated heterocycles. The Hall–Kier alpha value is -1.26. The Labute approximate surface area is 86.5 Å². The van der Waals surface area contributed by atoms with Crippen molar-refractivity contribution in [1.82, 2.24) is 4.98 Å². The van der Waals surface area contributed by atoms with Crippen molar-refractivity contribution in [1.29, 1.82) is 0 Å². The Morgan fingerprint density at radius 1 is 1.40 bits per heavy atom. The van der Waals surface area contributed by atoms with E-state index in [1.165, 1.54) is 13.0 Å². The van der Waals surface area contributed by atoms with Crippen molar-refractivity contribution in [3.8, 4) is 0 Å². The second-order valence-corrected chi connectivity index (χ2v) is 3.25. The van der Waals surface area contributed by atoms with Crippen molar-refractivity contribution in [2.75, 3.05) is 12.4 Å². The normalized spacial score (nSPS) is 11.6. The Kier molecular flexibility index (Phi) is 3.21. The summed E-state index contributed by atoms with van der Waals surface area (Å²) in [6.07, 6.45) is -4.06. The average molecular weight is 218 g/mol. The average Bonchev–Trinajstić information content (AvgIpc) is 2.14. The fourth-order valence-corrected chi connectivity index (χ4v) is 1.51. The number of pyridine rings is 1. The highest BCUT2D eigenvalue weighted by Crippen LogP contribution is 2.34. The first-order chi connectivity index (χ1) is 6.90. The van der Waals surface area contributed by atoms with E-state index in [1.54, 1.807) is 14.0 Å². The summed E-state index contributed by atoms with van der Waals surface area (Å²) in [7, 11) is 1.63. The molecule has 84 valence electrons. The molecule has 1 aromatic rings. The van der Waals surface area contributed by atoms with Gasteiger partial charge >= 0.3 is 6.18 Å². The van der Waals surface area contributed by atoms with E-state index in [0.29, 0.717) is 5.82 Å². The lowest BCUT2D eigenvalue weighted by molar-refractivity contribution is -0.138. The van der Waals surface area contributed by atoms with Crippen LogP contribution in [0.3, 0.4) is 0 Å². The minimum Gasteiger partial charge on any atom is -0.373 e. The third kappa shape index (κ3) is 2.40. The van der Waals surface area contributed by atoms with E-state index in [9.17, 15) is 13.2 Å². The number of aromatic nitrogens is 1. The molecule has 2 nitrogen and oxygen atoms in total. The molecule has 0 aromatic carbocycles. The lowest BCUT2D eigenvalue weighted by atomic mass is 10.1. The number of alkyl halides is 3. The van der Waals surface area contributed by atoms with Gasteiger partial charge in [0.25, 0.3) is 0 Å². The first-order valence-corrected chi connectivity index (χ1v) is 4.65. The summed E-state index contributed by atoms with van der Waals surface area (Å²) in [6, 6.07) is 1.40. The Bertz CT molecular complexity index is 358. The van der Waals surface area contributed by atoms with Gasteiger partial charge in [-0.3, -0.25) is 0 Å². The summed E-state index contributed by atoms with van der Waals surface area (Å²) in [5.41, 5.74) is -0.311. The SMILES string of the molecule is CCc1nc(NC)cc(C)c1C(F)(F)F. The standard InChI is InChI=1S/C10H13F3N2/c1-4-7-9(10(11,12)13)6(2)5-8(14-3)15-7/h5H,4H2,1-3H3,(H,14,15). The van der Waals surface area contributed by atoms with Gasteiger partial charge in [-0.1, -0.05) is 6.92 Å². The van der Waals surface area contributed by atoms with Gasteiger partial charge in [-0.15, -0.1) is 0 Å². The minimum absolute atomic E-state index is 0.0897. The van der Waals surface area contributed by atoms with Crippen LogP contribution in [0.5, 0.6) is 0 Å². The molecule has 0 aliphatic carbocycles. The topological polar surface area (TPSA) is 24.9 Å². The molecule has 1 heterocycles. The zero-order chi connectivity index (χ0) is 11.6. The number of halogens is 3. The lowest BCUT2D eigenvalue weighted by Gasteiger charge is -2.15. The highest BCUT2D eigenvalue weighted by Gasteiger charge is 2.35. The fourth-order valence-electron chi connectivity index (χ4n) is 1.51. The van der Waals surface area contributed by atoms with Crippen LogP contribution in [0.4, 0.5) is 19.0 Å². The second kappa shape index (κ2) is 4.08. The van der Waals surface area contributed by atoms with E-state index in [4.69, 9.17) is 0 Å². The van der Waals surface area contributed by atoms with Gasteiger partial charge in [-0.05, 0) is 25.0 Å². The maximum Gasteiger partial charge on any atom is 0.418 e. The van der Waals surface area contributed by atoms with Crippen LogP contribution in [-0.4, -0.2) is 12.0 Å². The maximum atomic E-state index is 12.7. The molecule has 5 heteroatoms. The Morgan fingerprint density at radius 3 is 2.40 bits per heavy atom. The number of rotatable bonds is 2. The molecule has 0 aliphatic heterocycles. The van der Waals surface area contributed by atoms with Crippen LogP contribution < -0.4 is 5.32 Å². The molecule has 0 atom stereocenters. The van der Waals surface area contributed by atoms with Crippen LogP contribution in [0.2, 0.25) is 0 Å². The van der Waals surface area contributed by atoms with Gasteiger partial charge in [-0.2, -0.15) is 13.2 Å². The zero-order valence-electron chi connectivity index (χ0n) is 8.87. The van der Waals surface area contributed by atoms with E-state index in [0.717, 1.165) is 0 Å². The van der Waals surface area contributed by atoms with Crippen LogP contribution >= 0.6 is 0 Å². The van der Waals surface area contributed by atoms with Crippen LogP contribution in [0.25, 0.3) is 0 Å². The highest BCUT2D eigenvalue weighted by molar-refractivity contribution is 5.44. The van der Waals surface area contributed by atoms with Crippen LogP contribution in [0.1, 0.15) is 23.7 Å². The van der Waals surface area contributed by atoms with Gasteiger partial charge in [0.05, 0.1) is 11.3 Å². The quantitative estimate of drug-likeness (QED) is 0.825. The van der Waals surface area contributed by atoms with E-state index >= 15 is 0 Å². The van der Waals surface area contributed by atoms with Gasteiger partial charge in [0.2, 0.25) is 0 Å². The number of nitrogens with zero attached hydrogens (tertiary/aromatic N) is 1. The molecule has 0 spiro atoms. The van der Waals surface area contributed by atoms with Crippen LogP contribution in [-0.2, 0) is 12.6 Å². The van der Waals surface area contributed by atoms with Crippen molar-refractivity contribution in [2.45, 2.75) is 26.4 Å². The molecule has 1 rings (SSSR count). The molecule has 0 amide bonds. The summed E-state index contributed by atoms with van der Waals surface area (Å²) in [5.74, 6) is 0.470. The molecule has 1 N–H and O–H groups in total. The van der Waals surface area contributed by atoms with E-state index in [2.05, 4.69) is 10.3 Å². The van der Waals surface area contributed by atoms with Gasteiger partial charge in [-0.25, -0.2) is 4.98 Å². The van der Waals surface area contributed by atoms with Gasteiger partial charge in [0.15, 0.2) is 0 Å². The molecular weight excluding hydrogens is 205 g/mol. The fraction of sp³-hybridized carbons (Fsp3) is 0.500. The van der Waals surface area contributed by atoms with Gasteiger partial charge < -0.3 is 5.32 Å². The maximum absolute atomic E-state index is 12.7. The molecule has 1 aromatic heterocycles. The first kappa shape index (κ1) is 11.8. The predicted molar refractivity (Wildman–Crippen MR) is 52.9 cm³/mol. The highest BCUT2D eigenvalue weighted by atomic mass is 19.4. The van der Waals surface area contributed by atoms with Crippen molar-refractivity contribution >= 4 is 5.82 Å². The molecule has 0 unspecified atom stereocenters. The monoisotopic (exact) mass is 218 g/mol. The van der Waals surface area contributed by atoms with Crippen LogP contribution in [0, 0.1) is 6.92 Å². The summed E-state index contributed by atoms with van der Waals surface area (Å²) in [6.45, 7) is 3.11. The molecule has 0 radical (unpaired) electrons. The molecule has 15 heavy (non-hydrogen) atoms. The summed E-state index contributed by atoms with van der Waals surface area (Å²) in [5, 5.41) is 2.74. The third-order valence-electron chi connectivity index (χ3n) is 2.17. The van der Waals surface area contributed by atoms with Crippen molar-refractivity contribution < 1.29 is 13.2 Å². The molecule has 0 saturated carbocycles. The minimum atomic E-state index is -4.32. The number of nitrogens with one attached hydrogen (secondary N) is 1. The summed E-state index contributed by atoms with van der Waals surface area (Å²) >= 11 is 0. The third-order valence-corrected chi connectivity index (χ3v) is 2.17. The summed E-state index contributed by atoms with van der Waals surface area (Å²) in [4.78, 5) is 3.91. The van der Waals surface area contributed by atoms with Gasteiger partial charge in [0, 0.05) is 7.05 Å². The van der Waals surface area contributed by atoms with Crippen molar-refractivity contribution in [3.63, 3.8) is 0 Å². The number of anilines is 1. The number of aryl methyl sites for hydroxylation is 2. The lowest BCUT2D eigenvalue weighted by Crippen LogP contribution is -2.14. The van der Waals surface area contributed by atoms with Crippen molar-refractivity contribution in [2.24, 2.45) is 0 Å². The molecule has 0 fully saturated rings. The largest absolute Gasteiger partial charge is 0.418 e. The van der Waals surface area contributed by atoms with E-state index in [-0.39, 0.29) is 17.7 Å². The Balaban J connectivity index is 3.38.